The van der Waals surface area contributed by atoms with Crippen LogP contribution >= 0.6 is 0 Å². The first-order chi connectivity index (χ1) is 8.22. The van der Waals surface area contributed by atoms with Crippen LogP contribution in [0.15, 0.2) is 12.3 Å². The van der Waals surface area contributed by atoms with Gasteiger partial charge in [0, 0.05) is 38.9 Å². The molecule has 94 valence electrons. The molecule has 0 aromatic carbocycles. The average molecular weight is 238 g/mol. The van der Waals surface area contributed by atoms with Crippen molar-refractivity contribution in [1.82, 2.24) is 20.0 Å². The van der Waals surface area contributed by atoms with Gasteiger partial charge in [0.2, 0.25) is 0 Å². The Balaban J connectivity index is 2.08. The monoisotopic (exact) mass is 238 g/mol. The number of carboxylic acids is 1. The highest BCUT2D eigenvalue weighted by molar-refractivity contribution is 5.73. The summed E-state index contributed by atoms with van der Waals surface area (Å²) in [6.45, 7) is 5.59. The van der Waals surface area contributed by atoms with Crippen molar-refractivity contribution in [3.63, 3.8) is 0 Å². The number of hydrogen-bond donors (Lipinski definition) is 2. The number of aromatic nitrogens is 2. The number of nitrogens with one attached hydrogen (secondary N) is 1. The van der Waals surface area contributed by atoms with Gasteiger partial charge in [-0.15, -0.1) is 0 Å². The average Bonchev–Trinajstić information content (AvgIpc) is 2.77. The van der Waals surface area contributed by atoms with Gasteiger partial charge in [-0.3, -0.25) is 14.4 Å². The zero-order valence-corrected chi connectivity index (χ0v) is 9.96. The molecule has 17 heavy (non-hydrogen) atoms. The number of rotatable bonds is 4. The summed E-state index contributed by atoms with van der Waals surface area (Å²) in [6.07, 6.45) is 1.76. The molecule has 0 radical (unpaired) electrons. The van der Waals surface area contributed by atoms with Crippen molar-refractivity contribution in [3.8, 4) is 0 Å². The molecule has 1 aromatic rings. The van der Waals surface area contributed by atoms with Crippen molar-refractivity contribution in [2.45, 2.75) is 26.1 Å². The Morgan fingerprint density at radius 2 is 2.53 bits per heavy atom. The topological polar surface area (TPSA) is 70.4 Å². The second-order valence-electron chi connectivity index (χ2n) is 4.17. The Bertz CT molecular complexity index is 391. The van der Waals surface area contributed by atoms with E-state index in [1.165, 1.54) is 0 Å². The minimum Gasteiger partial charge on any atom is -0.480 e. The summed E-state index contributed by atoms with van der Waals surface area (Å²) in [5.74, 6) is -0.764. The maximum absolute atomic E-state index is 11.1. The number of hydrogen-bond acceptors (Lipinski definition) is 4. The number of aryl methyl sites for hydroxylation is 1. The SMILES string of the molecule is CCn1nccc1CN1CCNCC1C(=O)O. The van der Waals surface area contributed by atoms with Crippen molar-refractivity contribution in [1.29, 1.82) is 0 Å². The van der Waals surface area contributed by atoms with Gasteiger partial charge < -0.3 is 10.4 Å². The molecule has 1 atom stereocenters. The van der Waals surface area contributed by atoms with E-state index in [4.69, 9.17) is 5.11 Å². The van der Waals surface area contributed by atoms with E-state index in [0.29, 0.717) is 13.1 Å². The molecule has 2 rings (SSSR count). The Hall–Kier alpha value is -1.40. The molecule has 0 aliphatic carbocycles. The fourth-order valence-corrected chi connectivity index (χ4v) is 2.17. The summed E-state index contributed by atoms with van der Waals surface area (Å²) in [6, 6.07) is 1.51. The van der Waals surface area contributed by atoms with Crippen LogP contribution in [0.4, 0.5) is 0 Å². The van der Waals surface area contributed by atoms with Crippen LogP contribution < -0.4 is 5.32 Å². The third kappa shape index (κ3) is 2.65. The van der Waals surface area contributed by atoms with Crippen LogP contribution in [-0.4, -0.2) is 51.4 Å². The molecule has 1 aliphatic rings. The third-order valence-corrected chi connectivity index (χ3v) is 3.11. The van der Waals surface area contributed by atoms with Crippen LogP contribution in [-0.2, 0) is 17.9 Å². The van der Waals surface area contributed by atoms with E-state index in [2.05, 4.69) is 10.4 Å². The zero-order valence-electron chi connectivity index (χ0n) is 9.96. The van der Waals surface area contributed by atoms with Gasteiger partial charge in [0.15, 0.2) is 0 Å². The van der Waals surface area contributed by atoms with Gasteiger partial charge in [-0.1, -0.05) is 0 Å². The van der Waals surface area contributed by atoms with E-state index in [1.807, 2.05) is 22.6 Å². The number of carbonyl (C=O) groups is 1. The molecule has 6 nitrogen and oxygen atoms in total. The fraction of sp³-hybridized carbons (Fsp3) is 0.636. The minimum atomic E-state index is -0.764. The first kappa shape index (κ1) is 12.1. The zero-order chi connectivity index (χ0) is 12.3. The highest BCUT2D eigenvalue weighted by Crippen LogP contribution is 2.10. The van der Waals surface area contributed by atoms with Crippen LogP contribution in [0.5, 0.6) is 0 Å². The summed E-state index contributed by atoms with van der Waals surface area (Å²) in [5.41, 5.74) is 1.07. The molecule has 0 bridgehead atoms. The standard InChI is InChI=1S/C11H18N4O2/c1-2-15-9(3-4-13-15)8-14-6-5-12-7-10(14)11(16)17/h3-4,10,12H,2,5-8H2,1H3,(H,16,17). The van der Waals surface area contributed by atoms with Gasteiger partial charge >= 0.3 is 5.97 Å². The minimum absolute atomic E-state index is 0.441. The highest BCUT2D eigenvalue weighted by atomic mass is 16.4. The van der Waals surface area contributed by atoms with Crippen molar-refractivity contribution in [2.75, 3.05) is 19.6 Å². The van der Waals surface area contributed by atoms with Crippen molar-refractivity contribution in [2.24, 2.45) is 0 Å². The summed E-state index contributed by atoms with van der Waals surface area (Å²) in [5, 5.41) is 16.5. The first-order valence-corrected chi connectivity index (χ1v) is 5.90. The number of carboxylic acid groups (broad SMARTS) is 1. The Kier molecular flexibility index (Phi) is 3.75. The second-order valence-corrected chi connectivity index (χ2v) is 4.17. The predicted octanol–water partition coefficient (Wildman–Crippen LogP) is -0.239. The molecule has 2 N–H and O–H groups in total. The molecule has 2 heterocycles. The first-order valence-electron chi connectivity index (χ1n) is 5.90. The largest absolute Gasteiger partial charge is 0.480 e. The number of aliphatic carboxylic acids is 1. The maximum Gasteiger partial charge on any atom is 0.322 e. The normalized spacial score (nSPS) is 21.6. The highest BCUT2D eigenvalue weighted by Gasteiger charge is 2.28. The van der Waals surface area contributed by atoms with Crippen LogP contribution in [0.25, 0.3) is 0 Å². The molecule has 6 heteroatoms. The molecule has 0 amide bonds. The van der Waals surface area contributed by atoms with Gasteiger partial charge in [0.05, 0.1) is 5.69 Å². The summed E-state index contributed by atoms with van der Waals surface area (Å²) in [4.78, 5) is 13.1. The summed E-state index contributed by atoms with van der Waals surface area (Å²) >= 11 is 0. The van der Waals surface area contributed by atoms with E-state index in [1.54, 1.807) is 6.20 Å². The van der Waals surface area contributed by atoms with Crippen molar-refractivity contribution < 1.29 is 9.90 Å². The maximum atomic E-state index is 11.1. The Morgan fingerprint density at radius 3 is 3.24 bits per heavy atom. The van der Waals surface area contributed by atoms with E-state index < -0.39 is 12.0 Å². The Morgan fingerprint density at radius 1 is 1.71 bits per heavy atom. The quantitative estimate of drug-likeness (QED) is 0.757. The van der Waals surface area contributed by atoms with E-state index in [9.17, 15) is 4.79 Å². The van der Waals surface area contributed by atoms with Gasteiger partial charge in [-0.25, -0.2) is 0 Å². The second kappa shape index (κ2) is 5.29. The molecule has 0 saturated carbocycles. The lowest BCUT2D eigenvalue weighted by Gasteiger charge is -2.33. The lowest BCUT2D eigenvalue weighted by molar-refractivity contribution is -0.144. The van der Waals surface area contributed by atoms with Crippen LogP contribution in [0, 0.1) is 0 Å². The lowest BCUT2D eigenvalue weighted by Crippen LogP contribution is -2.54. The van der Waals surface area contributed by atoms with Crippen LogP contribution in [0.3, 0.4) is 0 Å². The molecule has 1 fully saturated rings. The molecule has 0 spiro atoms. The fourth-order valence-electron chi connectivity index (χ4n) is 2.17. The van der Waals surface area contributed by atoms with Gasteiger partial charge in [0.1, 0.15) is 6.04 Å². The van der Waals surface area contributed by atoms with E-state index >= 15 is 0 Å². The molecule has 1 aromatic heterocycles. The molecule has 1 unspecified atom stereocenters. The molecular formula is C11H18N4O2. The van der Waals surface area contributed by atoms with Gasteiger partial charge in [0.25, 0.3) is 0 Å². The summed E-state index contributed by atoms with van der Waals surface area (Å²) < 4.78 is 1.90. The van der Waals surface area contributed by atoms with Gasteiger partial charge in [-0.2, -0.15) is 5.10 Å². The van der Waals surface area contributed by atoms with E-state index in [-0.39, 0.29) is 0 Å². The number of piperazine rings is 1. The van der Waals surface area contributed by atoms with Crippen molar-refractivity contribution in [3.05, 3.63) is 18.0 Å². The van der Waals surface area contributed by atoms with Gasteiger partial charge in [-0.05, 0) is 13.0 Å². The smallest absolute Gasteiger partial charge is 0.322 e. The van der Waals surface area contributed by atoms with E-state index in [0.717, 1.165) is 25.3 Å². The number of nitrogens with zero attached hydrogens (tertiary/aromatic N) is 3. The molecular weight excluding hydrogens is 220 g/mol. The summed E-state index contributed by atoms with van der Waals surface area (Å²) in [7, 11) is 0. The third-order valence-electron chi connectivity index (χ3n) is 3.11. The van der Waals surface area contributed by atoms with Crippen LogP contribution in [0.1, 0.15) is 12.6 Å². The Labute approximate surface area is 100 Å². The molecule has 1 saturated heterocycles. The van der Waals surface area contributed by atoms with Crippen LogP contribution in [0.2, 0.25) is 0 Å². The van der Waals surface area contributed by atoms with Crippen molar-refractivity contribution >= 4 is 5.97 Å². The molecule has 1 aliphatic heterocycles. The predicted molar refractivity (Wildman–Crippen MR) is 62.6 cm³/mol. The lowest BCUT2D eigenvalue weighted by atomic mass is 10.2.